The summed E-state index contributed by atoms with van der Waals surface area (Å²) >= 11 is 5.75. The number of aryl methyl sites for hydroxylation is 2. The number of nitrogens with two attached hydrogens (primary N) is 1. The number of fused-ring (bicyclic) bond motifs is 1. The van der Waals surface area contributed by atoms with Gasteiger partial charge in [0.1, 0.15) is 5.82 Å². The molecule has 0 saturated carbocycles. The van der Waals surface area contributed by atoms with Crippen molar-refractivity contribution < 1.29 is 4.39 Å². The lowest BCUT2D eigenvalue weighted by molar-refractivity contribution is 0.574. The summed E-state index contributed by atoms with van der Waals surface area (Å²) in [5.41, 5.74) is 7.15. The maximum Gasteiger partial charge on any atom is 0.201 e. The number of anilines is 1. The van der Waals surface area contributed by atoms with Gasteiger partial charge in [0.25, 0.3) is 0 Å². The second-order valence-electron chi connectivity index (χ2n) is 4.53. The smallest absolute Gasteiger partial charge is 0.201 e. The number of hydrogen-bond donors (Lipinski definition) is 1. The highest BCUT2D eigenvalue weighted by Gasteiger charge is 2.11. The first kappa shape index (κ1) is 12.9. The van der Waals surface area contributed by atoms with Crippen LogP contribution in [0.4, 0.5) is 10.3 Å². The van der Waals surface area contributed by atoms with Gasteiger partial charge in [-0.25, -0.2) is 14.4 Å². The van der Waals surface area contributed by atoms with E-state index in [2.05, 4.69) is 9.97 Å². The standard InChI is InChI=1S/C13H13ClFN5/c14-9-6-11-12(7-10(9)15)20(13(16)18-11)4-1-3-19-5-2-17-8-19/h2,5-8H,1,3-4H2,(H2,16,18). The van der Waals surface area contributed by atoms with Gasteiger partial charge < -0.3 is 14.9 Å². The normalized spacial score (nSPS) is 11.3. The molecule has 0 spiro atoms. The number of hydrogen-bond acceptors (Lipinski definition) is 3. The van der Waals surface area contributed by atoms with Gasteiger partial charge in [0.2, 0.25) is 5.95 Å². The minimum atomic E-state index is -0.463. The molecule has 0 aliphatic heterocycles. The Morgan fingerprint density at radius 2 is 2.15 bits per heavy atom. The van der Waals surface area contributed by atoms with Crippen molar-refractivity contribution in [2.75, 3.05) is 5.73 Å². The summed E-state index contributed by atoms with van der Waals surface area (Å²) in [5.74, 6) is -0.0952. The number of benzene rings is 1. The van der Waals surface area contributed by atoms with Crippen LogP contribution in [-0.2, 0) is 13.1 Å². The maximum atomic E-state index is 13.6. The molecule has 104 valence electrons. The van der Waals surface area contributed by atoms with Crippen molar-refractivity contribution in [3.8, 4) is 0 Å². The molecule has 0 radical (unpaired) electrons. The van der Waals surface area contributed by atoms with Crippen LogP contribution in [0.15, 0.2) is 30.9 Å². The summed E-state index contributed by atoms with van der Waals surface area (Å²) < 4.78 is 17.3. The summed E-state index contributed by atoms with van der Waals surface area (Å²) in [7, 11) is 0. The summed E-state index contributed by atoms with van der Waals surface area (Å²) in [6.45, 7) is 1.47. The van der Waals surface area contributed by atoms with Crippen molar-refractivity contribution >= 4 is 28.6 Å². The molecule has 2 N–H and O–H groups in total. The number of rotatable bonds is 4. The Kier molecular flexibility index (Phi) is 3.31. The molecule has 7 heteroatoms. The lowest BCUT2D eigenvalue weighted by Gasteiger charge is -2.07. The van der Waals surface area contributed by atoms with Crippen molar-refractivity contribution in [2.24, 2.45) is 0 Å². The van der Waals surface area contributed by atoms with Gasteiger partial charge in [-0.15, -0.1) is 0 Å². The third-order valence-corrected chi connectivity index (χ3v) is 3.47. The fourth-order valence-corrected chi connectivity index (χ4v) is 2.36. The molecule has 0 saturated heterocycles. The zero-order valence-corrected chi connectivity index (χ0v) is 11.4. The van der Waals surface area contributed by atoms with Gasteiger partial charge in [0, 0.05) is 31.5 Å². The average molecular weight is 294 g/mol. The van der Waals surface area contributed by atoms with Crippen LogP contribution in [0.25, 0.3) is 11.0 Å². The molecule has 0 amide bonds. The van der Waals surface area contributed by atoms with Gasteiger partial charge in [0.15, 0.2) is 0 Å². The van der Waals surface area contributed by atoms with Gasteiger partial charge in [-0.05, 0) is 12.5 Å². The van der Waals surface area contributed by atoms with Crippen LogP contribution in [0.5, 0.6) is 0 Å². The van der Waals surface area contributed by atoms with E-state index in [-0.39, 0.29) is 5.02 Å². The second-order valence-corrected chi connectivity index (χ2v) is 4.94. The first-order valence-corrected chi connectivity index (χ1v) is 6.59. The van der Waals surface area contributed by atoms with Crippen molar-refractivity contribution in [1.82, 2.24) is 19.1 Å². The van der Waals surface area contributed by atoms with E-state index in [1.54, 1.807) is 17.1 Å². The van der Waals surface area contributed by atoms with Crippen LogP contribution in [0.2, 0.25) is 5.02 Å². The second kappa shape index (κ2) is 5.13. The van der Waals surface area contributed by atoms with E-state index in [4.69, 9.17) is 17.3 Å². The molecule has 5 nitrogen and oxygen atoms in total. The van der Waals surface area contributed by atoms with Crippen molar-refractivity contribution in [1.29, 1.82) is 0 Å². The fraction of sp³-hybridized carbons (Fsp3) is 0.231. The predicted molar refractivity (Wildman–Crippen MR) is 76.0 cm³/mol. The topological polar surface area (TPSA) is 61.7 Å². The minimum absolute atomic E-state index is 0.0561. The van der Waals surface area contributed by atoms with E-state index < -0.39 is 5.82 Å². The highest BCUT2D eigenvalue weighted by molar-refractivity contribution is 6.31. The van der Waals surface area contributed by atoms with Crippen LogP contribution < -0.4 is 5.73 Å². The average Bonchev–Trinajstić information content (AvgIpc) is 3.01. The Hall–Kier alpha value is -2.08. The monoisotopic (exact) mass is 293 g/mol. The molecule has 3 aromatic rings. The Balaban J connectivity index is 1.83. The first-order valence-electron chi connectivity index (χ1n) is 6.21. The summed E-state index contributed by atoms with van der Waals surface area (Å²) in [6.07, 6.45) is 6.23. The minimum Gasteiger partial charge on any atom is -0.369 e. The molecule has 2 heterocycles. The van der Waals surface area contributed by atoms with Gasteiger partial charge in [0.05, 0.1) is 22.4 Å². The Bertz CT molecular complexity index is 735. The summed E-state index contributed by atoms with van der Waals surface area (Å²) in [4.78, 5) is 8.18. The Morgan fingerprint density at radius 3 is 2.90 bits per heavy atom. The zero-order chi connectivity index (χ0) is 14.1. The van der Waals surface area contributed by atoms with E-state index in [1.807, 2.05) is 10.8 Å². The lowest BCUT2D eigenvalue weighted by Crippen LogP contribution is -2.06. The fourth-order valence-electron chi connectivity index (χ4n) is 2.20. The molecule has 0 aliphatic rings. The largest absolute Gasteiger partial charge is 0.369 e. The molecule has 3 rings (SSSR count). The summed E-state index contributed by atoms with van der Waals surface area (Å²) in [6, 6.07) is 2.87. The first-order chi connectivity index (χ1) is 9.65. The quantitative estimate of drug-likeness (QED) is 0.804. The molecule has 20 heavy (non-hydrogen) atoms. The van der Waals surface area contributed by atoms with E-state index in [9.17, 15) is 4.39 Å². The van der Waals surface area contributed by atoms with E-state index in [1.165, 1.54) is 12.1 Å². The van der Waals surface area contributed by atoms with Crippen LogP contribution in [0.3, 0.4) is 0 Å². The molecular formula is C13H13ClFN5. The number of aromatic nitrogens is 4. The summed E-state index contributed by atoms with van der Waals surface area (Å²) in [5, 5.41) is 0.0561. The molecule has 0 unspecified atom stereocenters. The highest BCUT2D eigenvalue weighted by Crippen LogP contribution is 2.24. The predicted octanol–water partition coefficient (Wildman–Crippen LogP) is 2.70. The third kappa shape index (κ3) is 2.34. The molecular weight excluding hydrogens is 281 g/mol. The van der Waals surface area contributed by atoms with E-state index in [0.717, 1.165) is 13.0 Å². The molecule has 0 atom stereocenters. The molecule has 0 fully saturated rings. The third-order valence-electron chi connectivity index (χ3n) is 3.18. The molecule has 0 bridgehead atoms. The molecule has 2 aromatic heterocycles. The van der Waals surface area contributed by atoms with Gasteiger partial charge in [-0.1, -0.05) is 11.6 Å². The van der Waals surface area contributed by atoms with Crippen LogP contribution in [-0.4, -0.2) is 19.1 Å². The maximum absolute atomic E-state index is 13.6. The van der Waals surface area contributed by atoms with Crippen LogP contribution in [0.1, 0.15) is 6.42 Å². The number of nitrogen functional groups attached to an aromatic ring is 1. The SMILES string of the molecule is Nc1nc2cc(Cl)c(F)cc2n1CCCn1ccnc1. The van der Waals surface area contributed by atoms with Crippen molar-refractivity contribution in [2.45, 2.75) is 19.5 Å². The number of nitrogens with zero attached hydrogens (tertiary/aromatic N) is 4. The van der Waals surface area contributed by atoms with Gasteiger partial charge in [-0.3, -0.25) is 0 Å². The lowest BCUT2D eigenvalue weighted by atomic mass is 10.3. The van der Waals surface area contributed by atoms with Crippen LogP contribution in [0, 0.1) is 5.82 Å². The highest BCUT2D eigenvalue weighted by atomic mass is 35.5. The van der Waals surface area contributed by atoms with Crippen molar-refractivity contribution in [3.05, 3.63) is 41.7 Å². The molecule has 0 aliphatic carbocycles. The van der Waals surface area contributed by atoms with Gasteiger partial charge >= 0.3 is 0 Å². The van der Waals surface area contributed by atoms with Crippen molar-refractivity contribution in [3.63, 3.8) is 0 Å². The Labute approximate surface area is 119 Å². The Morgan fingerprint density at radius 1 is 1.30 bits per heavy atom. The van der Waals surface area contributed by atoms with E-state index in [0.29, 0.717) is 23.5 Å². The van der Waals surface area contributed by atoms with Gasteiger partial charge in [-0.2, -0.15) is 0 Å². The molecule has 1 aromatic carbocycles. The van der Waals surface area contributed by atoms with Crippen LogP contribution >= 0.6 is 11.6 Å². The number of imidazole rings is 2. The number of halogens is 2. The van der Waals surface area contributed by atoms with E-state index >= 15 is 0 Å². The zero-order valence-electron chi connectivity index (χ0n) is 10.6.